The van der Waals surface area contributed by atoms with Gasteiger partial charge in [0, 0.05) is 18.7 Å². The Kier molecular flexibility index (Phi) is 12.1. The normalized spacial score (nSPS) is 15.5. The van der Waals surface area contributed by atoms with Gasteiger partial charge in [-0.15, -0.1) is 0 Å². The molecule has 0 spiro atoms. The van der Waals surface area contributed by atoms with E-state index >= 15 is 0 Å². The molecule has 1 aromatic carbocycles. The van der Waals surface area contributed by atoms with Crippen molar-refractivity contribution in [3.05, 3.63) is 47.7 Å². The number of hydrogen-bond donors (Lipinski definition) is 1. The standard InChI is InChI=1S/C23H35N3O.C3H8/c1-17(2)22(15-19-11-13-21(14-12-19)26(5)16-24)27-23(18(3)4)25-20-9-7-6-8-10-20;1-3-2/h11-15,18,20H,1,6-10,16,24H2,2-5H3;3H2,1-2H3/b22-15+,25-23?;. The van der Waals surface area contributed by atoms with Gasteiger partial charge in [-0.2, -0.15) is 0 Å². The maximum atomic E-state index is 6.26. The van der Waals surface area contributed by atoms with E-state index in [9.17, 15) is 0 Å². The molecule has 0 heterocycles. The molecule has 2 rings (SSSR count). The summed E-state index contributed by atoms with van der Waals surface area (Å²) < 4.78 is 6.26. The van der Waals surface area contributed by atoms with Gasteiger partial charge in [0.2, 0.25) is 0 Å². The summed E-state index contributed by atoms with van der Waals surface area (Å²) >= 11 is 0. The summed E-state index contributed by atoms with van der Waals surface area (Å²) in [5.41, 5.74) is 8.75. The zero-order valence-corrected chi connectivity index (χ0v) is 20.1. The van der Waals surface area contributed by atoms with Gasteiger partial charge in [-0.1, -0.05) is 72.1 Å². The molecule has 0 amide bonds. The maximum absolute atomic E-state index is 6.26. The van der Waals surface area contributed by atoms with E-state index in [1.54, 1.807) is 0 Å². The van der Waals surface area contributed by atoms with Crippen LogP contribution in [-0.2, 0) is 4.74 Å². The first kappa shape index (κ1) is 26.0. The molecule has 4 nitrogen and oxygen atoms in total. The van der Waals surface area contributed by atoms with Crippen LogP contribution in [0, 0.1) is 5.92 Å². The lowest BCUT2D eigenvalue weighted by Crippen LogP contribution is -2.24. The van der Waals surface area contributed by atoms with Gasteiger partial charge in [-0.05, 0) is 49.1 Å². The second-order valence-corrected chi connectivity index (χ2v) is 8.48. The Labute approximate surface area is 184 Å². The van der Waals surface area contributed by atoms with Crippen LogP contribution in [0.1, 0.15) is 78.7 Å². The van der Waals surface area contributed by atoms with Crippen molar-refractivity contribution in [2.24, 2.45) is 16.6 Å². The summed E-state index contributed by atoms with van der Waals surface area (Å²) in [7, 11) is 1.98. The number of nitrogens with two attached hydrogens (primary N) is 1. The van der Waals surface area contributed by atoms with E-state index in [1.165, 1.54) is 38.5 Å². The van der Waals surface area contributed by atoms with E-state index in [0.29, 0.717) is 12.7 Å². The number of allylic oxidation sites excluding steroid dienone is 1. The first-order chi connectivity index (χ1) is 14.3. The van der Waals surface area contributed by atoms with Crippen molar-refractivity contribution >= 4 is 17.7 Å². The molecule has 30 heavy (non-hydrogen) atoms. The highest BCUT2D eigenvalue weighted by Crippen LogP contribution is 2.24. The summed E-state index contributed by atoms with van der Waals surface area (Å²) in [6.45, 7) is 15.1. The smallest absolute Gasteiger partial charge is 0.192 e. The van der Waals surface area contributed by atoms with Crippen molar-refractivity contribution < 1.29 is 4.74 Å². The van der Waals surface area contributed by atoms with Crippen molar-refractivity contribution in [3.63, 3.8) is 0 Å². The molecule has 2 N–H and O–H groups in total. The zero-order chi connectivity index (χ0) is 22.5. The third-order valence-electron chi connectivity index (χ3n) is 4.92. The number of nitrogens with zero attached hydrogens (tertiary/aromatic N) is 2. The van der Waals surface area contributed by atoms with Crippen LogP contribution in [0.2, 0.25) is 0 Å². The Morgan fingerprint density at radius 1 is 1.20 bits per heavy atom. The van der Waals surface area contributed by atoms with Gasteiger partial charge < -0.3 is 15.4 Å². The van der Waals surface area contributed by atoms with Crippen LogP contribution in [0.15, 0.2) is 47.2 Å². The molecule has 0 atom stereocenters. The van der Waals surface area contributed by atoms with Crippen LogP contribution in [0.25, 0.3) is 6.08 Å². The topological polar surface area (TPSA) is 50.8 Å². The second kappa shape index (κ2) is 14.0. The fourth-order valence-corrected chi connectivity index (χ4v) is 3.12. The molecule has 1 aliphatic rings. The molecule has 1 aromatic rings. The third-order valence-corrected chi connectivity index (χ3v) is 4.92. The minimum Gasteiger partial charge on any atom is -0.443 e. The molecule has 1 aliphatic carbocycles. The summed E-state index contributed by atoms with van der Waals surface area (Å²) in [5, 5.41) is 0. The zero-order valence-electron chi connectivity index (χ0n) is 20.1. The van der Waals surface area contributed by atoms with E-state index < -0.39 is 0 Å². The Morgan fingerprint density at radius 2 is 1.77 bits per heavy atom. The van der Waals surface area contributed by atoms with Gasteiger partial charge in [-0.3, -0.25) is 4.99 Å². The van der Waals surface area contributed by atoms with E-state index in [0.717, 1.165) is 28.5 Å². The van der Waals surface area contributed by atoms with Gasteiger partial charge in [0.05, 0.1) is 12.7 Å². The number of anilines is 1. The van der Waals surface area contributed by atoms with E-state index in [4.69, 9.17) is 15.5 Å². The summed E-state index contributed by atoms with van der Waals surface area (Å²) in [6, 6.07) is 8.67. The van der Waals surface area contributed by atoms with Gasteiger partial charge in [0.1, 0.15) is 5.76 Å². The summed E-state index contributed by atoms with van der Waals surface area (Å²) in [4.78, 5) is 6.94. The van der Waals surface area contributed by atoms with Crippen molar-refractivity contribution in [1.82, 2.24) is 0 Å². The average Bonchev–Trinajstić information content (AvgIpc) is 2.73. The monoisotopic (exact) mass is 413 g/mol. The Morgan fingerprint density at radius 3 is 2.23 bits per heavy atom. The van der Waals surface area contributed by atoms with Crippen LogP contribution >= 0.6 is 0 Å². The van der Waals surface area contributed by atoms with Crippen molar-refractivity contribution in [3.8, 4) is 0 Å². The maximum Gasteiger partial charge on any atom is 0.192 e. The number of rotatable bonds is 7. The summed E-state index contributed by atoms with van der Waals surface area (Å²) in [6.07, 6.45) is 9.49. The molecule has 0 saturated heterocycles. The predicted octanol–water partition coefficient (Wildman–Crippen LogP) is 6.78. The number of benzene rings is 1. The largest absolute Gasteiger partial charge is 0.443 e. The van der Waals surface area contributed by atoms with Crippen LogP contribution in [0.5, 0.6) is 0 Å². The first-order valence-electron chi connectivity index (χ1n) is 11.5. The lowest BCUT2D eigenvalue weighted by Gasteiger charge is -2.21. The highest BCUT2D eigenvalue weighted by molar-refractivity contribution is 5.80. The minimum atomic E-state index is 0.246. The van der Waals surface area contributed by atoms with Gasteiger partial charge in [-0.25, -0.2) is 0 Å². The molecular formula is C26H43N3O. The molecule has 1 fully saturated rings. The molecular weight excluding hydrogens is 370 g/mol. The van der Waals surface area contributed by atoms with Crippen molar-refractivity contribution in [2.45, 2.75) is 79.2 Å². The van der Waals surface area contributed by atoms with E-state index in [1.807, 2.05) is 24.9 Å². The van der Waals surface area contributed by atoms with Crippen molar-refractivity contribution in [1.29, 1.82) is 0 Å². The fourth-order valence-electron chi connectivity index (χ4n) is 3.12. The SMILES string of the molecule is C=C(C)/C(=C\c1ccc(N(C)CN)cc1)OC(=NC1CCCCC1)C(C)C.CCC. The van der Waals surface area contributed by atoms with Gasteiger partial charge in [0.15, 0.2) is 5.90 Å². The van der Waals surface area contributed by atoms with Crippen LogP contribution in [-0.4, -0.2) is 25.7 Å². The molecule has 0 aliphatic heterocycles. The summed E-state index contributed by atoms with van der Waals surface area (Å²) in [5.74, 6) is 1.84. The van der Waals surface area contributed by atoms with E-state index in [2.05, 4.69) is 58.5 Å². The fraction of sp³-hybridized carbons (Fsp3) is 0.577. The lowest BCUT2D eigenvalue weighted by atomic mass is 9.96. The first-order valence-corrected chi connectivity index (χ1v) is 11.5. The minimum absolute atomic E-state index is 0.246. The van der Waals surface area contributed by atoms with Crippen LogP contribution < -0.4 is 10.6 Å². The number of ether oxygens (including phenoxy) is 1. The van der Waals surface area contributed by atoms with Gasteiger partial charge >= 0.3 is 0 Å². The molecule has 168 valence electrons. The number of hydrogen-bond acceptors (Lipinski definition) is 4. The third kappa shape index (κ3) is 9.17. The van der Waals surface area contributed by atoms with Gasteiger partial charge in [0.25, 0.3) is 0 Å². The van der Waals surface area contributed by atoms with Crippen LogP contribution in [0.3, 0.4) is 0 Å². The Balaban J connectivity index is 0.00000141. The molecule has 1 saturated carbocycles. The van der Waals surface area contributed by atoms with Crippen molar-refractivity contribution in [2.75, 3.05) is 18.6 Å². The van der Waals surface area contributed by atoms with E-state index in [-0.39, 0.29) is 5.92 Å². The average molecular weight is 414 g/mol. The number of aliphatic imine (C=N–C) groups is 1. The highest BCUT2D eigenvalue weighted by Gasteiger charge is 2.17. The molecule has 4 heteroatoms. The Hall–Kier alpha value is -2.07. The predicted molar refractivity (Wildman–Crippen MR) is 133 cm³/mol. The Bertz CT molecular complexity index is 683. The molecule has 0 unspecified atom stereocenters. The molecule has 0 radical (unpaired) electrons. The lowest BCUT2D eigenvalue weighted by molar-refractivity contribution is 0.378. The quantitative estimate of drug-likeness (QED) is 0.176. The van der Waals surface area contributed by atoms with Crippen LogP contribution in [0.4, 0.5) is 5.69 Å². The second-order valence-electron chi connectivity index (χ2n) is 8.48. The molecule has 0 bridgehead atoms. The highest BCUT2D eigenvalue weighted by atomic mass is 16.5. The molecule has 0 aromatic heterocycles.